The maximum absolute atomic E-state index is 12.3. The van der Waals surface area contributed by atoms with E-state index in [2.05, 4.69) is 0 Å². The third-order valence-electron chi connectivity index (χ3n) is 4.51. The van der Waals surface area contributed by atoms with E-state index >= 15 is 0 Å². The van der Waals surface area contributed by atoms with Gasteiger partial charge in [0.2, 0.25) is 6.29 Å². The molecule has 0 bridgehead atoms. The van der Waals surface area contributed by atoms with E-state index in [4.69, 9.17) is 20.3 Å². The third kappa shape index (κ3) is 6.30. The molecule has 0 aliphatic heterocycles. The summed E-state index contributed by atoms with van der Waals surface area (Å²) < 4.78 is 10.7. The lowest BCUT2D eigenvalue weighted by atomic mass is 9.79. The molecule has 0 aromatic rings. The number of hydrogen-bond acceptors (Lipinski definition) is 6. The summed E-state index contributed by atoms with van der Waals surface area (Å²) in [6.45, 7) is 8.75. The molecule has 7 nitrogen and oxygen atoms in total. The van der Waals surface area contributed by atoms with Gasteiger partial charge < -0.3 is 20.3 Å². The Morgan fingerprint density at radius 3 is 1.96 bits per heavy atom. The van der Waals surface area contributed by atoms with Crippen LogP contribution >= 0.6 is 0 Å². The van der Waals surface area contributed by atoms with Crippen LogP contribution in [0.4, 0.5) is 0 Å². The van der Waals surface area contributed by atoms with Gasteiger partial charge in [-0.05, 0) is 52.4 Å². The van der Waals surface area contributed by atoms with E-state index in [9.17, 15) is 14.4 Å². The molecular formula is C18H31NO6. The Labute approximate surface area is 149 Å². The van der Waals surface area contributed by atoms with Gasteiger partial charge in [0, 0.05) is 5.92 Å². The highest BCUT2D eigenvalue weighted by Crippen LogP contribution is 2.31. The molecule has 1 saturated carbocycles. The average molecular weight is 357 g/mol. The van der Waals surface area contributed by atoms with Crippen LogP contribution < -0.4 is 5.73 Å². The molecule has 0 amide bonds. The topological polar surface area (TPSA) is 116 Å². The molecule has 0 aromatic carbocycles. The maximum atomic E-state index is 12.3. The third-order valence-corrected chi connectivity index (χ3v) is 4.51. The van der Waals surface area contributed by atoms with Crippen LogP contribution in [0.15, 0.2) is 0 Å². The summed E-state index contributed by atoms with van der Waals surface area (Å²) in [6.07, 6.45) is 1.17. The summed E-state index contributed by atoms with van der Waals surface area (Å²) in [4.78, 5) is 35.4. The van der Waals surface area contributed by atoms with Gasteiger partial charge in [-0.15, -0.1) is 0 Å². The Morgan fingerprint density at radius 2 is 1.56 bits per heavy atom. The highest BCUT2D eigenvalue weighted by atomic mass is 16.7. The summed E-state index contributed by atoms with van der Waals surface area (Å²) in [7, 11) is 0. The fraction of sp³-hybridized carbons (Fsp3) is 0.833. The smallest absolute Gasteiger partial charge is 0.326 e. The Bertz CT molecular complexity index is 488. The van der Waals surface area contributed by atoms with Crippen molar-refractivity contribution in [2.75, 3.05) is 0 Å². The first-order chi connectivity index (χ1) is 11.4. The number of carbonyl (C=O) groups is 3. The second kappa shape index (κ2) is 8.65. The van der Waals surface area contributed by atoms with Crippen LogP contribution in [0.5, 0.6) is 0 Å². The summed E-state index contributed by atoms with van der Waals surface area (Å²) in [6, 6.07) is -0.843. The van der Waals surface area contributed by atoms with Crippen LogP contribution in [0.25, 0.3) is 0 Å². The molecule has 0 heterocycles. The zero-order chi connectivity index (χ0) is 19.4. The van der Waals surface area contributed by atoms with Crippen molar-refractivity contribution < 1.29 is 29.0 Å². The molecule has 7 heteroatoms. The molecule has 3 N–H and O–H groups in total. The highest BCUT2D eigenvalue weighted by Gasteiger charge is 2.35. The lowest BCUT2D eigenvalue weighted by molar-refractivity contribution is -0.203. The zero-order valence-corrected chi connectivity index (χ0v) is 15.8. The molecule has 0 radical (unpaired) electrons. The number of carboxylic acid groups (broad SMARTS) is 1. The van der Waals surface area contributed by atoms with Crippen LogP contribution in [-0.2, 0) is 23.9 Å². The minimum atomic E-state index is -0.986. The van der Waals surface area contributed by atoms with Gasteiger partial charge in [-0.1, -0.05) is 13.8 Å². The van der Waals surface area contributed by atoms with Crippen molar-refractivity contribution in [2.45, 2.75) is 72.6 Å². The van der Waals surface area contributed by atoms with E-state index in [1.54, 1.807) is 34.6 Å². The van der Waals surface area contributed by atoms with E-state index in [-0.39, 0.29) is 17.8 Å². The number of nitrogens with two attached hydrogens (primary N) is 1. The number of ether oxygens (including phenoxy) is 2. The average Bonchev–Trinajstić information content (AvgIpc) is 2.52. The molecule has 0 spiro atoms. The van der Waals surface area contributed by atoms with E-state index in [1.807, 2.05) is 0 Å². The summed E-state index contributed by atoms with van der Waals surface area (Å²) in [5.41, 5.74) is 5.32. The minimum Gasteiger partial charge on any atom is -0.481 e. The first-order valence-electron chi connectivity index (χ1n) is 8.83. The number of aliphatic carboxylic acids is 1. The molecule has 1 aliphatic carbocycles. The van der Waals surface area contributed by atoms with Crippen molar-refractivity contribution >= 4 is 17.9 Å². The standard InChI is InChI=1S/C18H31NO6/c1-10(2)16(25-17(23)18(3,4)5)24-15(22)13(19)11-6-8-12(9-7-11)14(20)21/h10-13,16H,6-9,19H2,1-5H3,(H,20,21)/t11-,12-,13?,16?. The summed E-state index contributed by atoms with van der Waals surface area (Å²) in [5, 5.41) is 9.03. The number of hydrogen-bond donors (Lipinski definition) is 2. The second-order valence-corrected chi connectivity index (χ2v) is 8.18. The molecule has 25 heavy (non-hydrogen) atoms. The number of carboxylic acids is 1. The largest absolute Gasteiger partial charge is 0.481 e. The summed E-state index contributed by atoms with van der Waals surface area (Å²) >= 11 is 0. The van der Waals surface area contributed by atoms with Crippen molar-refractivity contribution in [3.63, 3.8) is 0 Å². The lowest BCUT2D eigenvalue weighted by Crippen LogP contribution is -2.44. The van der Waals surface area contributed by atoms with Crippen LogP contribution in [0.1, 0.15) is 60.3 Å². The van der Waals surface area contributed by atoms with E-state index in [0.29, 0.717) is 25.7 Å². The van der Waals surface area contributed by atoms with Crippen molar-refractivity contribution in [1.29, 1.82) is 0 Å². The number of carbonyl (C=O) groups excluding carboxylic acids is 2. The first kappa shape index (κ1) is 21.4. The second-order valence-electron chi connectivity index (χ2n) is 8.18. The monoisotopic (exact) mass is 357 g/mol. The van der Waals surface area contributed by atoms with Gasteiger partial charge in [0.25, 0.3) is 0 Å². The Balaban J connectivity index is 2.62. The molecule has 1 rings (SSSR count). The quantitative estimate of drug-likeness (QED) is 0.553. The molecule has 2 atom stereocenters. The Morgan fingerprint density at radius 1 is 1.04 bits per heavy atom. The van der Waals surface area contributed by atoms with Crippen LogP contribution in [0.2, 0.25) is 0 Å². The number of esters is 2. The SMILES string of the molecule is CC(C)C(OC(=O)C(N)[C@H]1CC[C@H](C(=O)O)CC1)OC(=O)C(C)(C)C. The van der Waals surface area contributed by atoms with Crippen molar-refractivity contribution in [2.24, 2.45) is 28.9 Å². The Kier molecular flexibility index (Phi) is 7.41. The highest BCUT2D eigenvalue weighted by molar-refractivity contribution is 5.77. The fourth-order valence-corrected chi connectivity index (χ4v) is 2.69. The zero-order valence-electron chi connectivity index (χ0n) is 15.8. The Hall–Kier alpha value is -1.63. The first-order valence-corrected chi connectivity index (χ1v) is 8.83. The predicted octanol–water partition coefficient (Wildman–Crippen LogP) is 2.32. The van der Waals surface area contributed by atoms with E-state index in [0.717, 1.165) is 0 Å². The van der Waals surface area contributed by atoms with Crippen LogP contribution in [0.3, 0.4) is 0 Å². The predicted molar refractivity (Wildman–Crippen MR) is 91.3 cm³/mol. The lowest BCUT2D eigenvalue weighted by Gasteiger charge is -2.31. The molecule has 2 unspecified atom stereocenters. The minimum absolute atomic E-state index is 0.116. The van der Waals surface area contributed by atoms with Gasteiger partial charge in [-0.3, -0.25) is 14.4 Å². The molecular weight excluding hydrogens is 326 g/mol. The maximum Gasteiger partial charge on any atom is 0.326 e. The van der Waals surface area contributed by atoms with Gasteiger partial charge in [0.1, 0.15) is 6.04 Å². The number of rotatable bonds is 6. The normalized spacial score (nSPS) is 23.6. The van der Waals surface area contributed by atoms with Gasteiger partial charge in [0.15, 0.2) is 0 Å². The van der Waals surface area contributed by atoms with E-state index < -0.39 is 35.7 Å². The van der Waals surface area contributed by atoms with Gasteiger partial charge >= 0.3 is 17.9 Å². The van der Waals surface area contributed by atoms with Crippen LogP contribution in [0, 0.1) is 23.2 Å². The van der Waals surface area contributed by atoms with E-state index in [1.165, 1.54) is 0 Å². The van der Waals surface area contributed by atoms with Gasteiger partial charge in [-0.2, -0.15) is 0 Å². The molecule has 1 fully saturated rings. The van der Waals surface area contributed by atoms with Crippen molar-refractivity contribution in [3.8, 4) is 0 Å². The van der Waals surface area contributed by atoms with Crippen molar-refractivity contribution in [3.05, 3.63) is 0 Å². The molecule has 0 saturated heterocycles. The van der Waals surface area contributed by atoms with Gasteiger partial charge in [-0.25, -0.2) is 0 Å². The molecule has 0 aromatic heterocycles. The molecule has 1 aliphatic rings. The van der Waals surface area contributed by atoms with Gasteiger partial charge in [0.05, 0.1) is 11.3 Å². The van der Waals surface area contributed by atoms with Crippen LogP contribution in [-0.4, -0.2) is 35.3 Å². The fourth-order valence-electron chi connectivity index (χ4n) is 2.69. The van der Waals surface area contributed by atoms with Crippen molar-refractivity contribution in [1.82, 2.24) is 0 Å². The summed E-state index contributed by atoms with van der Waals surface area (Å²) in [5.74, 6) is -2.55. The molecule has 144 valence electrons.